The van der Waals surface area contributed by atoms with E-state index >= 15 is 0 Å². The van der Waals surface area contributed by atoms with E-state index in [2.05, 4.69) is 29.2 Å². The van der Waals surface area contributed by atoms with E-state index in [1.165, 1.54) is 16.4 Å². The molecule has 0 aliphatic carbocycles. The lowest BCUT2D eigenvalue weighted by Crippen LogP contribution is -2.48. The molecule has 0 saturated carbocycles. The molecule has 4 rings (SSSR count). The summed E-state index contributed by atoms with van der Waals surface area (Å²) in [6.07, 6.45) is 1.00. The second-order valence-electron chi connectivity index (χ2n) is 9.18. The highest BCUT2D eigenvalue weighted by Crippen LogP contribution is 2.24. The summed E-state index contributed by atoms with van der Waals surface area (Å²) in [4.78, 5) is 13.9. The van der Waals surface area contributed by atoms with E-state index in [0.717, 1.165) is 42.3 Å². The second kappa shape index (κ2) is 10.9. The molecule has 0 bridgehead atoms. The molecule has 2 heterocycles. The third-order valence-electron chi connectivity index (χ3n) is 6.19. The highest BCUT2D eigenvalue weighted by Gasteiger charge is 2.30. The van der Waals surface area contributed by atoms with Gasteiger partial charge in [-0.05, 0) is 63.8 Å². The zero-order chi connectivity index (χ0) is 25.0. The van der Waals surface area contributed by atoms with Crippen LogP contribution in [0.3, 0.4) is 0 Å². The van der Waals surface area contributed by atoms with E-state index in [1.54, 1.807) is 6.92 Å². The summed E-state index contributed by atoms with van der Waals surface area (Å²) in [6, 6.07) is 11.8. The lowest BCUT2D eigenvalue weighted by Gasteiger charge is -2.33. The summed E-state index contributed by atoms with van der Waals surface area (Å²) < 4.78 is 41.3. The number of aromatic nitrogens is 2. The first-order chi connectivity index (χ1) is 16.7. The van der Waals surface area contributed by atoms with Crippen LogP contribution in [0.15, 0.2) is 47.4 Å². The maximum Gasteiger partial charge on any atom is 0.243 e. The number of benzene rings is 2. The molecule has 1 saturated heterocycles. The SMILES string of the molecule is Cc1ccc(F)cc1S(=O)(=O)N1CCN(Cc2nc(NCCCN(C)C)c3ccccc3n2)CC1. The number of hydrogen-bond donors (Lipinski definition) is 1. The second-order valence-corrected chi connectivity index (χ2v) is 11.1. The molecule has 35 heavy (non-hydrogen) atoms. The van der Waals surface area contributed by atoms with Crippen molar-refractivity contribution >= 4 is 26.7 Å². The third kappa shape index (κ3) is 6.13. The molecule has 1 N–H and O–H groups in total. The normalized spacial score (nSPS) is 15.7. The number of piperazine rings is 1. The molecule has 1 fully saturated rings. The quantitative estimate of drug-likeness (QED) is 0.453. The summed E-state index contributed by atoms with van der Waals surface area (Å²) in [5.41, 5.74) is 1.43. The number of nitrogens with one attached hydrogen (secondary N) is 1. The summed E-state index contributed by atoms with van der Waals surface area (Å²) in [5, 5.41) is 4.45. The minimum atomic E-state index is -3.74. The van der Waals surface area contributed by atoms with Gasteiger partial charge in [-0.2, -0.15) is 4.31 Å². The fraction of sp³-hybridized carbons (Fsp3) is 0.440. The smallest absolute Gasteiger partial charge is 0.243 e. The van der Waals surface area contributed by atoms with Gasteiger partial charge in [0.05, 0.1) is 17.0 Å². The average molecular weight is 501 g/mol. The molecule has 1 aliphatic heterocycles. The van der Waals surface area contributed by atoms with Gasteiger partial charge >= 0.3 is 0 Å². The first-order valence-corrected chi connectivity index (χ1v) is 13.3. The number of hydrogen-bond acceptors (Lipinski definition) is 7. The minimum Gasteiger partial charge on any atom is -0.369 e. The van der Waals surface area contributed by atoms with E-state index < -0.39 is 15.8 Å². The van der Waals surface area contributed by atoms with Crippen LogP contribution in [-0.4, -0.2) is 85.9 Å². The maximum atomic E-state index is 13.7. The molecule has 2 aromatic carbocycles. The first-order valence-electron chi connectivity index (χ1n) is 11.9. The Kier molecular flexibility index (Phi) is 7.95. The van der Waals surface area contributed by atoms with Gasteiger partial charge in [-0.1, -0.05) is 18.2 Å². The minimum absolute atomic E-state index is 0.0359. The van der Waals surface area contributed by atoms with Crippen molar-refractivity contribution in [2.75, 3.05) is 58.7 Å². The number of aryl methyl sites for hydroxylation is 1. The zero-order valence-electron chi connectivity index (χ0n) is 20.5. The van der Waals surface area contributed by atoms with Crippen molar-refractivity contribution < 1.29 is 12.8 Å². The van der Waals surface area contributed by atoms with Gasteiger partial charge in [-0.3, -0.25) is 4.90 Å². The van der Waals surface area contributed by atoms with Gasteiger partial charge in [0.2, 0.25) is 10.0 Å². The number of para-hydroxylation sites is 1. The average Bonchev–Trinajstić information content (AvgIpc) is 2.83. The number of halogens is 1. The molecule has 1 aromatic heterocycles. The Bertz CT molecular complexity index is 1280. The maximum absolute atomic E-state index is 13.7. The van der Waals surface area contributed by atoms with Crippen LogP contribution >= 0.6 is 0 Å². The van der Waals surface area contributed by atoms with Crippen molar-refractivity contribution in [3.63, 3.8) is 0 Å². The predicted octanol–water partition coefficient (Wildman–Crippen LogP) is 2.95. The van der Waals surface area contributed by atoms with Gasteiger partial charge in [0.25, 0.3) is 0 Å². The van der Waals surface area contributed by atoms with Crippen molar-refractivity contribution in [3.8, 4) is 0 Å². The Hall–Kier alpha value is -2.66. The molecule has 1 aliphatic rings. The number of sulfonamides is 1. The first kappa shape index (κ1) is 25.4. The Morgan fingerprint density at radius 1 is 1.06 bits per heavy atom. The molecule has 188 valence electrons. The van der Waals surface area contributed by atoms with Crippen LogP contribution in [-0.2, 0) is 16.6 Å². The molecule has 0 radical (unpaired) electrons. The van der Waals surface area contributed by atoms with Gasteiger partial charge in [-0.15, -0.1) is 0 Å². The van der Waals surface area contributed by atoms with Gasteiger partial charge in [-0.25, -0.2) is 22.8 Å². The standard InChI is InChI=1S/C25H33FN6O2S/c1-19-9-10-20(26)17-23(19)35(33,34)32-15-13-31(14-16-32)18-24-28-22-8-5-4-7-21(22)25(29-24)27-11-6-12-30(2)3/h4-5,7-10,17H,6,11-16,18H2,1-3H3,(H,27,28,29). The van der Waals surface area contributed by atoms with Gasteiger partial charge in [0.15, 0.2) is 0 Å². The van der Waals surface area contributed by atoms with Crippen LogP contribution in [0.1, 0.15) is 17.8 Å². The zero-order valence-corrected chi connectivity index (χ0v) is 21.4. The van der Waals surface area contributed by atoms with Crippen LogP contribution in [0.25, 0.3) is 10.9 Å². The van der Waals surface area contributed by atoms with E-state index in [-0.39, 0.29) is 4.90 Å². The molecule has 10 heteroatoms. The molecule has 0 spiro atoms. The van der Waals surface area contributed by atoms with Crippen molar-refractivity contribution in [2.24, 2.45) is 0 Å². The molecule has 0 atom stereocenters. The van der Waals surface area contributed by atoms with Crippen molar-refractivity contribution in [1.82, 2.24) is 24.1 Å². The van der Waals surface area contributed by atoms with Crippen LogP contribution in [0.4, 0.5) is 10.2 Å². The lowest BCUT2D eigenvalue weighted by molar-refractivity contribution is 0.178. The third-order valence-corrected chi connectivity index (χ3v) is 8.23. The van der Waals surface area contributed by atoms with E-state index in [4.69, 9.17) is 9.97 Å². The number of rotatable bonds is 9. The Morgan fingerprint density at radius 2 is 1.80 bits per heavy atom. The van der Waals surface area contributed by atoms with Crippen LogP contribution in [0.5, 0.6) is 0 Å². The van der Waals surface area contributed by atoms with Gasteiger partial charge < -0.3 is 10.2 Å². The lowest BCUT2D eigenvalue weighted by atomic mass is 10.2. The summed E-state index contributed by atoms with van der Waals surface area (Å²) >= 11 is 0. The van der Waals surface area contributed by atoms with E-state index in [1.807, 2.05) is 24.3 Å². The molecule has 3 aromatic rings. The van der Waals surface area contributed by atoms with Crippen LogP contribution < -0.4 is 5.32 Å². The topological polar surface area (TPSA) is 81.7 Å². The van der Waals surface area contributed by atoms with Gasteiger partial charge in [0.1, 0.15) is 17.5 Å². The van der Waals surface area contributed by atoms with Crippen molar-refractivity contribution in [3.05, 3.63) is 59.7 Å². The Balaban J connectivity index is 1.43. The molecule has 8 nitrogen and oxygen atoms in total. The molecular weight excluding hydrogens is 467 g/mol. The summed E-state index contributed by atoms with van der Waals surface area (Å²) in [6.45, 7) is 5.80. The predicted molar refractivity (Wildman–Crippen MR) is 136 cm³/mol. The van der Waals surface area contributed by atoms with Gasteiger partial charge in [0, 0.05) is 38.1 Å². The van der Waals surface area contributed by atoms with E-state index in [0.29, 0.717) is 44.1 Å². The highest BCUT2D eigenvalue weighted by atomic mass is 32.2. The number of nitrogens with zero attached hydrogens (tertiary/aromatic N) is 5. The van der Waals surface area contributed by atoms with E-state index in [9.17, 15) is 12.8 Å². The summed E-state index contributed by atoms with van der Waals surface area (Å²) in [5.74, 6) is 0.982. The number of fused-ring (bicyclic) bond motifs is 1. The monoisotopic (exact) mass is 500 g/mol. The van der Waals surface area contributed by atoms with Crippen LogP contribution in [0.2, 0.25) is 0 Å². The fourth-order valence-electron chi connectivity index (χ4n) is 4.25. The Labute approximate surface area is 206 Å². The van der Waals surface area contributed by atoms with Crippen molar-refractivity contribution in [1.29, 1.82) is 0 Å². The molecule has 0 amide bonds. The summed E-state index contributed by atoms with van der Waals surface area (Å²) in [7, 11) is 0.372. The molecule has 0 unspecified atom stereocenters. The van der Waals surface area contributed by atoms with Crippen molar-refractivity contribution in [2.45, 2.75) is 24.8 Å². The molecular formula is C25H33FN6O2S. The fourth-order valence-corrected chi connectivity index (χ4v) is 5.91. The highest BCUT2D eigenvalue weighted by molar-refractivity contribution is 7.89. The van der Waals surface area contributed by atoms with Crippen LogP contribution in [0, 0.1) is 12.7 Å². The number of anilines is 1. The Morgan fingerprint density at radius 3 is 2.54 bits per heavy atom. The largest absolute Gasteiger partial charge is 0.369 e.